The molecule has 11 heavy (non-hydrogen) atoms. The van der Waals surface area contributed by atoms with E-state index >= 15 is 0 Å². The molecule has 0 aromatic carbocycles. The molecular formula is C11H19. The second-order valence-electron chi connectivity index (χ2n) is 3.05. The maximum absolute atomic E-state index is 3.82. The van der Waals surface area contributed by atoms with Crippen LogP contribution in [0.1, 0.15) is 40.0 Å². The number of allylic oxidation sites excluding steroid dienone is 4. The van der Waals surface area contributed by atoms with Gasteiger partial charge in [-0.1, -0.05) is 30.2 Å². The molecule has 0 heteroatoms. The smallest absolute Gasteiger partial charge is 0.0286 e. The lowest BCUT2D eigenvalue weighted by Gasteiger charge is -1.96. The van der Waals surface area contributed by atoms with Crippen molar-refractivity contribution in [3.8, 4) is 0 Å². The fourth-order valence-electron chi connectivity index (χ4n) is 0.997. The van der Waals surface area contributed by atoms with Gasteiger partial charge in [-0.25, -0.2) is 0 Å². The van der Waals surface area contributed by atoms with Crippen LogP contribution in [-0.2, 0) is 0 Å². The van der Waals surface area contributed by atoms with Crippen molar-refractivity contribution in [2.45, 2.75) is 40.0 Å². The van der Waals surface area contributed by atoms with Crippen LogP contribution < -0.4 is 0 Å². The van der Waals surface area contributed by atoms with Crippen molar-refractivity contribution in [3.63, 3.8) is 0 Å². The molecule has 0 aliphatic carbocycles. The Labute approximate surface area is 71.0 Å². The normalized spacial score (nSPS) is 13.8. The third-order valence-electron chi connectivity index (χ3n) is 1.58. The summed E-state index contributed by atoms with van der Waals surface area (Å²) in [5.41, 5.74) is 2.67. The minimum atomic E-state index is 1.14. The topological polar surface area (TPSA) is 0 Å². The second-order valence-corrected chi connectivity index (χ2v) is 3.05. The van der Waals surface area contributed by atoms with Gasteiger partial charge in [-0.2, -0.15) is 0 Å². The van der Waals surface area contributed by atoms with Crippen molar-refractivity contribution >= 4 is 0 Å². The van der Waals surface area contributed by atoms with Gasteiger partial charge in [0.2, 0.25) is 0 Å². The first-order chi connectivity index (χ1) is 5.16. The first-order valence-electron chi connectivity index (χ1n) is 4.31. The Bertz CT molecular complexity index is 145. The lowest BCUT2D eigenvalue weighted by atomic mass is 10.1. The number of rotatable bonds is 4. The highest BCUT2D eigenvalue weighted by Crippen LogP contribution is 2.06. The third kappa shape index (κ3) is 7.38. The van der Waals surface area contributed by atoms with E-state index in [4.69, 9.17) is 0 Å². The molecular weight excluding hydrogens is 132 g/mol. The predicted molar refractivity (Wildman–Crippen MR) is 52.4 cm³/mol. The van der Waals surface area contributed by atoms with Crippen LogP contribution in [0.25, 0.3) is 0 Å². The molecule has 0 fully saturated rings. The van der Waals surface area contributed by atoms with E-state index in [1.54, 1.807) is 0 Å². The van der Waals surface area contributed by atoms with Crippen LogP contribution in [0.2, 0.25) is 0 Å². The summed E-state index contributed by atoms with van der Waals surface area (Å²) < 4.78 is 0. The molecule has 0 amide bonds. The molecule has 63 valence electrons. The SMILES string of the molecule is [CH2]/C(C)=C\CCC(C)=CCC. The summed E-state index contributed by atoms with van der Waals surface area (Å²) in [7, 11) is 0. The van der Waals surface area contributed by atoms with E-state index in [0.29, 0.717) is 0 Å². The van der Waals surface area contributed by atoms with Crippen LogP contribution in [0.3, 0.4) is 0 Å². The van der Waals surface area contributed by atoms with Gasteiger partial charge >= 0.3 is 0 Å². The Hall–Kier alpha value is -0.520. The maximum Gasteiger partial charge on any atom is -0.0286 e. The highest BCUT2D eigenvalue weighted by molar-refractivity contribution is 5.04. The summed E-state index contributed by atoms with van der Waals surface area (Å²) >= 11 is 0. The third-order valence-corrected chi connectivity index (χ3v) is 1.58. The van der Waals surface area contributed by atoms with Crippen LogP contribution in [0.5, 0.6) is 0 Å². The highest BCUT2D eigenvalue weighted by Gasteiger charge is 1.86. The van der Waals surface area contributed by atoms with E-state index < -0.39 is 0 Å². The number of hydrogen-bond donors (Lipinski definition) is 0. The second kappa shape index (κ2) is 6.21. The average Bonchev–Trinajstić information content (AvgIpc) is 1.87. The molecule has 0 N–H and O–H groups in total. The van der Waals surface area contributed by atoms with Crippen LogP contribution >= 0.6 is 0 Å². The minimum absolute atomic E-state index is 1.14. The van der Waals surface area contributed by atoms with Gasteiger partial charge in [0.05, 0.1) is 0 Å². The first-order valence-corrected chi connectivity index (χ1v) is 4.31. The van der Waals surface area contributed by atoms with Crippen LogP contribution in [0.4, 0.5) is 0 Å². The molecule has 0 aliphatic rings. The number of hydrogen-bond acceptors (Lipinski definition) is 0. The van der Waals surface area contributed by atoms with E-state index in [9.17, 15) is 0 Å². The molecule has 0 nitrogen and oxygen atoms in total. The molecule has 1 radical (unpaired) electrons. The van der Waals surface area contributed by atoms with E-state index in [1.165, 1.54) is 17.6 Å². The molecule has 0 saturated carbocycles. The summed E-state index contributed by atoms with van der Waals surface area (Å²) in [5.74, 6) is 0. The summed E-state index contributed by atoms with van der Waals surface area (Å²) in [4.78, 5) is 0. The summed E-state index contributed by atoms with van der Waals surface area (Å²) in [5, 5.41) is 0. The Morgan fingerprint density at radius 2 is 1.91 bits per heavy atom. The van der Waals surface area contributed by atoms with Crippen molar-refractivity contribution < 1.29 is 0 Å². The first kappa shape index (κ1) is 10.5. The lowest BCUT2D eigenvalue weighted by molar-refractivity contribution is 0.955. The van der Waals surface area contributed by atoms with Gasteiger partial charge in [0.1, 0.15) is 0 Å². The van der Waals surface area contributed by atoms with Crippen molar-refractivity contribution in [2.24, 2.45) is 0 Å². The molecule has 0 bridgehead atoms. The summed E-state index contributed by atoms with van der Waals surface area (Å²) in [6, 6.07) is 0. The monoisotopic (exact) mass is 151 g/mol. The van der Waals surface area contributed by atoms with Gasteiger partial charge < -0.3 is 0 Å². The average molecular weight is 151 g/mol. The Balaban J connectivity index is 3.54. The zero-order valence-corrected chi connectivity index (χ0v) is 7.98. The fraction of sp³-hybridized carbons (Fsp3) is 0.545. The molecule has 0 spiro atoms. The van der Waals surface area contributed by atoms with Crippen molar-refractivity contribution in [2.75, 3.05) is 0 Å². The van der Waals surface area contributed by atoms with E-state index in [-0.39, 0.29) is 0 Å². The molecule has 0 aromatic rings. The molecule has 0 rings (SSSR count). The van der Waals surface area contributed by atoms with E-state index in [1.807, 2.05) is 6.92 Å². The van der Waals surface area contributed by atoms with Gasteiger partial charge in [0, 0.05) is 0 Å². The largest absolute Gasteiger partial charge is 0.0859 e. The van der Waals surface area contributed by atoms with Crippen LogP contribution in [-0.4, -0.2) is 0 Å². The van der Waals surface area contributed by atoms with Crippen LogP contribution in [0, 0.1) is 6.92 Å². The minimum Gasteiger partial charge on any atom is -0.0859 e. The zero-order chi connectivity index (χ0) is 8.69. The zero-order valence-electron chi connectivity index (χ0n) is 7.98. The van der Waals surface area contributed by atoms with Crippen LogP contribution in [0.15, 0.2) is 23.3 Å². The predicted octanol–water partition coefficient (Wildman–Crippen LogP) is 3.90. The molecule has 0 heterocycles. The Morgan fingerprint density at radius 3 is 2.36 bits per heavy atom. The molecule has 0 unspecified atom stereocenters. The fourth-order valence-corrected chi connectivity index (χ4v) is 0.997. The quantitative estimate of drug-likeness (QED) is 0.534. The van der Waals surface area contributed by atoms with Gasteiger partial charge in [-0.3, -0.25) is 0 Å². The van der Waals surface area contributed by atoms with Gasteiger partial charge in [-0.05, 0) is 40.0 Å². The van der Waals surface area contributed by atoms with Crippen molar-refractivity contribution in [1.29, 1.82) is 0 Å². The summed E-state index contributed by atoms with van der Waals surface area (Å²) in [6.07, 6.45) is 7.94. The summed E-state index contributed by atoms with van der Waals surface area (Å²) in [6.45, 7) is 10.2. The maximum atomic E-state index is 3.82. The molecule has 0 aromatic heterocycles. The van der Waals surface area contributed by atoms with E-state index in [2.05, 4.69) is 32.9 Å². The van der Waals surface area contributed by atoms with Gasteiger partial charge in [-0.15, -0.1) is 0 Å². The van der Waals surface area contributed by atoms with Gasteiger partial charge in [0.15, 0.2) is 0 Å². The van der Waals surface area contributed by atoms with Crippen molar-refractivity contribution in [1.82, 2.24) is 0 Å². The lowest BCUT2D eigenvalue weighted by Crippen LogP contribution is -1.76. The Morgan fingerprint density at radius 1 is 1.27 bits per heavy atom. The molecule has 0 aliphatic heterocycles. The van der Waals surface area contributed by atoms with Crippen molar-refractivity contribution in [3.05, 3.63) is 30.2 Å². The van der Waals surface area contributed by atoms with Gasteiger partial charge in [0.25, 0.3) is 0 Å². The van der Waals surface area contributed by atoms with E-state index in [0.717, 1.165) is 12.8 Å². The molecule has 0 atom stereocenters. The standard InChI is InChI=1S/C11H19/c1-5-7-11(4)9-6-8-10(2)3/h7-8H,2,5-6,9H2,1,3-4H3/b10-8+,11-7?. The Kier molecular flexibility index (Phi) is 5.91. The molecule has 0 saturated heterocycles. The highest BCUT2D eigenvalue weighted by atomic mass is 13.9.